The second kappa shape index (κ2) is 7.95. The van der Waals surface area contributed by atoms with E-state index >= 15 is 0 Å². The Kier molecular flexibility index (Phi) is 5.46. The molecule has 0 aromatic heterocycles. The molecule has 5 nitrogen and oxygen atoms in total. The van der Waals surface area contributed by atoms with Crippen molar-refractivity contribution < 1.29 is 19.4 Å². The lowest BCUT2D eigenvalue weighted by Gasteiger charge is -2.28. The molecule has 1 aliphatic rings. The minimum Gasteiger partial charge on any atom is -0.488 e. The third-order valence-corrected chi connectivity index (χ3v) is 4.01. The molecule has 0 radical (unpaired) electrons. The fourth-order valence-electron chi connectivity index (χ4n) is 2.65. The third kappa shape index (κ3) is 4.13. The number of carbonyl (C=O) groups is 1. The van der Waals surface area contributed by atoms with Gasteiger partial charge in [-0.3, -0.25) is 4.79 Å². The predicted molar refractivity (Wildman–Crippen MR) is 89.9 cm³/mol. The van der Waals surface area contributed by atoms with Gasteiger partial charge >= 0.3 is 0 Å². The highest BCUT2D eigenvalue weighted by molar-refractivity contribution is 5.97. The van der Waals surface area contributed by atoms with E-state index < -0.39 is 6.10 Å². The zero-order valence-electron chi connectivity index (χ0n) is 13.4. The van der Waals surface area contributed by atoms with Crippen molar-refractivity contribution in [2.75, 3.05) is 13.2 Å². The summed E-state index contributed by atoms with van der Waals surface area (Å²) in [5, 5.41) is 12.8. The van der Waals surface area contributed by atoms with Crippen LogP contribution in [0.3, 0.4) is 0 Å². The molecule has 2 atom stereocenters. The number of nitrogens with one attached hydrogen (secondary N) is 1. The molecule has 1 fully saturated rings. The van der Waals surface area contributed by atoms with Crippen LogP contribution in [0.5, 0.6) is 5.75 Å². The average molecular weight is 327 g/mol. The molecule has 1 saturated heterocycles. The van der Waals surface area contributed by atoms with E-state index in [2.05, 4.69) is 5.32 Å². The maximum absolute atomic E-state index is 12.5. The Labute approximate surface area is 141 Å². The molecule has 0 aliphatic carbocycles. The minimum absolute atomic E-state index is 0.246. The van der Waals surface area contributed by atoms with Gasteiger partial charge < -0.3 is 19.9 Å². The molecule has 24 heavy (non-hydrogen) atoms. The van der Waals surface area contributed by atoms with Crippen LogP contribution in [0.1, 0.15) is 22.3 Å². The lowest BCUT2D eigenvalue weighted by Crippen LogP contribution is -2.48. The summed E-state index contributed by atoms with van der Waals surface area (Å²) in [4.78, 5) is 12.5. The lowest BCUT2D eigenvalue weighted by molar-refractivity contribution is -0.0261. The van der Waals surface area contributed by atoms with E-state index in [1.54, 1.807) is 18.2 Å². The molecular weight excluding hydrogens is 306 g/mol. The van der Waals surface area contributed by atoms with Crippen molar-refractivity contribution >= 4 is 5.91 Å². The van der Waals surface area contributed by atoms with Crippen molar-refractivity contribution in [1.82, 2.24) is 5.32 Å². The summed E-state index contributed by atoms with van der Waals surface area (Å²) in [6.07, 6.45) is -0.0833. The number of hydrogen-bond acceptors (Lipinski definition) is 4. The van der Waals surface area contributed by atoms with Gasteiger partial charge in [-0.05, 0) is 24.1 Å². The zero-order chi connectivity index (χ0) is 16.8. The molecule has 5 heteroatoms. The summed E-state index contributed by atoms with van der Waals surface area (Å²) < 4.78 is 11.0. The number of aliphatic hydroxyl groups is 1. The van der Waals surface area contributed by atoms with Crippen LogP contribution >= 0.6 is 0 Å². The molecule has 2 N–H and O–H groups in total. The van der Waals surface area contributed by atoms with Crippen LogP contribution in [0.15, 0.2) is 54.6 Å². The van der Waals surface area contributed by atoms with Crippen LogP contribution in [-0.2, 0) is 11.3 Å². The molecule has 0 bridgehead atoms. The van der Waals surface area contributed by atoms with Crippen LogP contribution in [0, 0.1) is 0 Å². The van der Waals surface area contributed by atoms with Crippen LogP contribution in [0.4, 0.5) is 0 Å². The minimum atomic E-state index is -0.680. The quantitative estimate of drug-likeness (QED) is 0.883. The zero-order valence-corrected chi connectivity index (χ0v) is 13.4. The average Bonchev–Trinajstić information content (AvgIpc) is 2.63. The van der Waals surface area contributed by atoms with E-state index in [0.717, 1.165) is 5.56 Å². The number of aliphatic hydroxyl groups excluding tert-OH is 1. The van der Waals surface area contributed by atoms with Crippen molar-refractivity contribution in [3.63, 3.8) is 0 Å². The molecular formula is C19H21NO4. The van der Waals surface area contributed by atoms with Crippen molar-refractivity contribution in [2.45, 2.75) is 25.2 Å². The molecule has 2 aromatic rings. The first-order valence-corrected chi connectivity index (χ1v) is 8.06. The van der Waals surface area contributed by atoms with Crippen LogP contribution in [-0.4, -0.2) is 36.4 Å². The maximum atomic E-state index is 12.5. The second-order valence-corrected chi connectivity index (χ2v) is 5.78. The van der Waals surface area contributed by atoms with E-state index in [1.165, 1.54) is 0 Å². The normalized spacial score (nSPS) is 20.4. The van der Waals surface area contributed by atoms with Gasteiger partial charge in [0.05, 0.1) is 24.3 Å². The van der Waals surface area contributed by atoms with Gasteiger partial charge in [0.1, 0.15) is 12.4 Å². The molecule has 0 spiro atoms. The Morgan fingerprint density at radius 1 is 1.17 bits per heavy atom. The van der Waals surface area contributed by atoms with Crippen molar-refractivity contribution in [1.29, 1.82) is 0 Å². The molecule has 0 saturated carbocycles. The Balaban J connectivity index is 1.67. The summed E-state index contributed by atoms with van der Waals surface area (Å²) >= 11 is 0. The van der Waals surface area contributed by atoms with E-state index in [0.29, 0.717) is 30.9 Å². The van der Waals surface area contributed by atoms with Gasteiger partial charge in [-0.15, -0.1) is 0 Å². The predicted octanol–water partition coefficient (Wildman–Crippen LogP) is 2.15. The van der Waals surface area contributed by atoms with Gasteiger partial charge in [0.15, 0.2) is 0 Å². The number of ether oxygens (including phenoxy) is 2. The molecule has 1 amide bonds. The standard InChI is InChI=1S/C19H21NO4/c21-17-13-23-11-10-16(17)20-19(22)15-8-4-5-9-18(15)24-12-14-6-2-1-3-7-14/h1-9,16-17,21H,10-13H2,(H,20,22)/t16-,17-/m1/s1. The highest BCUT2D eigenvalue weighted by Gasteiger charge is 2.26. The topological polar surface area (TPSA) is 67.8 Å². The Morgan fingerprint density at radius 3 is 2.71 bits per heavy atom. The molecule has 2 aromatic carbocycles. The SMILES string of the molecule is O=C(N[C@@H]1CCOC[C@H]1O)c1ccccc1OCc1ccccc1. The smallest absolute Gasteiger partial charge is 0.255 e. The van der Waals surface area contributed by atoms with E-state index in [4.69, 9.17) is 9.47 Å². The first-order chi connectivity index (χ1) is 11.7. The van der Waals surface area contributed by atoms with Gasteiger partial charge in [-0.1, -0.05) is 42.5 Å². The summed E-state index contributed by atoms with van der Waals surface area (Å²) in [6.45, 7) is 1.18. The fraction of sp³-hybridized carbons (Fsp3) is 0.316. The Bertz CT molecular complexity index is 674. The van der Waals surface area contributed by atoms with Gasteiger partial charge in [0.25, 0.3) is 5.91 Å². The van der Waals surface area contributed by atoms with Crippen molar-refractivity contribution in [3.8, 4) is 5.75 Å². The Morgan fingerprint density at radius 2 is 1.92 bits per heavy atom. The van der Waals surface area contributed by atoms with Gasteiger partial charge in [0.2, 0.25) is 0 Å². The van der Waals surface area contributed by atoms with E-state index in [9.17, 15) is 9.90 Å². The summed E-state index contributed by atoms with van der Waals surface area (Å²) in [7, 11) is 0. The fourth-order valence-corrected chi connectivity index (χ4v) is 2.65. The Hall–Kier alpha value is -2.37. The number of benzene rings is 2. The molecule has 1 aliphatic heterocycles. The lowest BCUT2D eigenvalue weighted by atomic mass is 10.1. The highest BCUT2D eigenvalue weighted by atomic mass is 16.5. The number of amides is 1. The second-order valence-electron chi connectivity index (χ2n) is 5.78. The summed E-state index contributed by atoms with van der Waals surface area (Å²) in [5.41, 5.74) is 1.50. The molecule has 126 valence electrons. The summed E-state index contributed by atoms with van der Waals surface area (Å²) in [6, 6.07) is 16.6. The third-order valence-electron chi connectivity index (χ3n) is 4.01. The van der Waals surface area contributed by atoms with Crippen molar-refractivity contribution in [2.24, 2.45) is 0 Å². The van der Waals surface area contributed by atoms with Crippen LogP contribution in [0.2, 0.25) is 0 Å². The summed E-state index contributed by atoms with van der Waals surface area (Å²) in [5.74, 6) is 0.282. The van der Waals surface area contributed by atoms with Crippen LogP contribution in [0.25, 0.3) is 0 Å². The number of rotatable bonds is 5. The van der Waals surface area contributed by atoms with Crippen molar-refractivity contribution in [3.05, 3.63) is 65.7 Å². The first kappa shape index (κ1) is 16.5. The number of hydrogen-bond donors (Lipinski definition) is 2. The van der Waals surface area contributed by atoms with Gasteiger partial charge in [0, 0.05) is 6.61 Å². The molecule has 3 rings (SSSR count). The maximum Gasteiger partial charge on any atom is 0.255 e. The molecule has 1 heterocycles. The van der Waals surface area contributed by atoms with Crippen LogP contribution < -0.4 is 10.1 Å². The number of carbonyl (C=O) groups excluding carboxylic acids is 1. The largest absolute Gasteiger partial charge is 0.488 e. The van der Waals surface area contributed by atoms with E-state index in [1.807, 2.05) is 36.4 Å². The first-order valence-electron chi connectivity index (χ1n) is 8.06. The van der Waals surface area contributed by atoms with Gasteiger partial charge in [-0.25, -0.2) is 0 Å². The highest BCUT2D eigenvalue weighted by Crippen LogP contribution is 2.20. The number of para-hydroxylation sites is 1. The molecule has 0 unspecified atom stereocenters. The van der Waals surface area contributed by atoms with Gasteiger partial charge in [-0.2, -0.15) is 0 Å². The van der Waals surface area contributed by atoms with E-state index in [-0.39, 0.29) is 18.6 Å². The monoisotopic (exact) mass is 327 g/mol.